The van der Waals surface area contributed by atoms with Gasteiger partial charge in [-0.3, -0.25) is 9.97 Å². The molecule has 3 heterocycles. The van der Waals surface area contributed by atoms with Gasteiger partial charge in [-0.2, -0.15) is 0 Å². The molecule has 7 rings (SSSR count). The van der Waals surface area contributed by atoms with Gasteiger partial charge in [0.2, 0.25) is 0 Å². The predicted octanol–water partition coefficient (Wildman–Crippen LogP) is 6.40. The normalized spacial score (nSPS) is 11.6. The number of hydrogen-bond donors (Lipinski definition) is 0. The molecule has 149 valence electrons. The van der Waals surface area contributed by atoms with E-state index in [-0.39, 0.29) is 20.1 Å². The Labute approximate surface area is 190 Å². The number of aromatic nitrogens is 3. The average molecular weight is 577 g/mol. The second-order valence-corrected chi connectivity index (χ2v) is 7.41. The third-order valence-corrected chi connectivity index (χ3v) is 5.70. The van der Waals surface area contributed by atoms with Crippen molar-refractivity contribution in [3.8, 4) is 11.4 Å². The molecule has 0 saturated heterocycles. The first kappa shape index (κ1) is 18.3. The topological polar surface area (TPSA) is 43.3 Å². The van der Waals surface area contributed by atoms with E-state index in [4.69, 9.17) is 14.4 Å². The molecular weight excluding hydrogens is 563 g/mol. The van der Waals surface area contributed by atoms with E-state index in [1.54, 1.807) is 0 Å². The van der Waals surface area contributed by atoms with Crippen LogP contribution < -0.4 is 0 Å². The Morgan fingerprint density at radius 2 is 1.55 bits per heavy atom. The van der Waals surface area contributed by atoms with Crippen molar-refractivity contribution >= 4 is 49.5 Å². The van der Waals surface area contributed by atoms with Crippen molar-refractivity contribution in [3.63, 3.8) is 0 Å². The van der Waals surface area contributed by atoms with Crippen LogP contribution in [0.1, 0.15) is 0 Å². The molecule has 0 aliphatic carbocycles. The zero-order valence-electron chi connectivity index (χ0n) is 16.2. The summed E-state index contributed by atoms with van der Waals surface area (Å²) in [6.07, 6.45) is 0. The van der Waals surface area contributed by atoms with Crippen LogP contribution in [0.4, 0.5) is 0 Å². The standard InChI is InChI=1S/C26H14N3O.Ir/c1-3-12-20-18(9-1)25-28-21-13-4-5-14-22(21)29(25)26(27-20)19-11-7-10-17-16-8-2-6-15-23(16)30-24(17)19;/h1-8,10-15H;/q-1;. The minimum Gasteiger partial charge on any atom is -0.455 e. The summed E-state index contributed by atoms with van der Waals surface area (Å²) in [5.41, 5.74) is 6.32. The molecule has 4 nitrogen and oxygen atoms in total. The number of para-hydroxylation sites is 4. The maximum Gasteiger partial charge on any atom is 0.146 e. The number of rotatable bonds is 1. The Bertz CT molecular complexity index is 1760. The van der Waals surface area contributed by atoms with E-state index in [9.17, 15) is 0 Å². The summed E-state index contributed by atoms with van der Waals surface area (Å²) in [5, 5.41) is 3.10. The Morgan fingerprint density at radius 1 is 0.742 bits per heavy atom. The van der Waals surface area contributed by atoms with E-state index in [1.165, 1.54) is 0 Å². The molecule has 7 aromatic rings. The van der Waals surface area contributed by atoms with Gasteiger partial charge >= 0.3 is 0 Å². The van der Waals surface area contributed by atoms with Gasteiger partial charge in [-0.1, -0.05) is 47.9 Å². The van der Waals surface area contributed by atoms with Crippen LogP contribution in [0.3, 0.4) is 0 Å². The number of nitrogens with zero attached hydrogens (tertiary/aromatic N) is 3. The number of imidazole rings is 1. The van der Waals surface area contributed by atoms with E-state index in [1.807, 2.05) is 54.6 Å². The van der Waals surface area contributed by atoms with Crippen molar-refractivity contribution in [2.75, 3.05) is 0 Å². The number of fused-ring (bicyclic) bond motifs is 8. The maximum atomic E-state index is 6.31. The smallest absolute Gasteiger partial charge is 0.146 e. The molecule has 5 heteroatoms. The SMILES string of the molecule is [Ir].[c-]1cccc2nc(-c3cccc4c3oc3ccccc34)n3c4ccccc4nc3c12. The largest absolute Gasteiger partial charge is 0.455 e. The fraction of sp³-hybridized carbons (Fsp3) is 0. The van der Waals surface area contributed by atoms with Crippen LogP contribution in [0.15, 0.2) is 89.3 Å². The zero-order valence-corrected chi connectivity index (χ0v) is 18.6. The number of furan rings is 1. The summed E-state index contributed by atoms with van der Waals surface area (Å²) in [7, 11) is 0. The average Bonchev–Trinajstić information content (AvgIpc) is 3.37. The van der Waals surface area contributed by atoms with Gasteiger partial charge in [0.15, 0.2) is 0 Å². The molecule has 0 bridgehead atoms. The van der Waals surface area contributed by atoms with Gasteiger partial charge in [0.1, 0.15) is 17.0 Å². The van der Waals surface area contributed by atoms with Crippen LogP contribution in [0.5, 0.6) is 0 Å². The van der Waals surface area contributed by atoms with Crippen molar-refractivity contribution in [2.24, 2.45) is 0 Å². The third kappa shape index (κ3) is 2.51. The maximum absolute atomic E-state index is 6.31. The molecule has 3 aromatic heterocycles. The molecule has 0 N–H and O–H groups in total. The molecule has 0 unspecified atom stereocenters. The summed E-state index contributed by atoms with van der Waals surface area (Å²) in [6, 6.07) is 31.7. The predicted molar refractivity (Wildman–Crippen MR) is 120 cm³/mol. The fourth-order valence-corrected chi connectivity index (χ4v) is 4.38. The quantitative estimate of drug-likeness (QED) is 0.213. The first-order valence-electron chi connectivity index (χ1n) is 9.87. The van der Waals surface area contributed by atoms with Gasteiger partial charge < -0.3 is 8.82 Å². The second-order valence-electron chi connectivity index (χ2n) is 7.41. The number of benzene rings is 4. The first-order chi connectivity index (χ1) is 14.9. The molecule has 0 atom stereocenters. The zero-order chi connectivity index (χ0) is 19.7. The molecule has 0 aliphatic heterocycles. The monoisotopic (exact) mass is 577 g/mol. The van der Waals surface area contributed by atoms with Crippen molar-refractivity contribution in [3.05, 3.63) is 91.0 Å². The van der Waals surface area contributed by atoms with Crippen molar-refractivity contribution in [1.82, 2.24) is 14.4 Å². The Kier molecular flexibility index (Phi) is 3.97. The van der Waals surface area contributed by atoms with Crippen LogP contribution >= 0.6 is 0 Å². The van der Waals surface area contributed by atoms with Crippen molar-refractivity contribution in [1.29, 1.82) is 0 Å². The molecular formula is C26H14IrN3O-. The van der Waals surface area contributed by atoms with Crippen LogP contribution in [-0.2, 0) is 20.1 Å². The summed E-state index contributed by atoms with van der Waals surface area (Å²) in [5.74, 6) is 0.815. The summed E-state index contributed by atoms with van der Waals surface area (Å²) >= 11 is 0. The van der Waals surface area contributed by atoms with E-state index < -0.39 is 0 Å². The third-order valence-electron chi connectivity index (χ3n) is 5.70. The van der Waals surface area contributed by atoms with E-state index in [0.717, 1.165) is 60.9 Å². The van der Waals surface area contributed by atoms with Crippen molar-refractivity contribution < 1.29 is 24.5 Å². The van der Waals surface area contributed by atoms with Gasteiger partial charge in [-0.15, -0.1) is 24.3 Å². The van der Waals surface area contributed by atoms with Crippen LogP contribution in [0, 0.1) is 6.07 Å². The Balaban J connectivity index is 0.00000185. The van der Waals surface area contributed by atoms with Gasteiger partial charge in [0.25, 0.3) is 0 Å². The summed E-state index contributed by atoms with van der Waals surface area (Å²) in [4.78, 5) is 9.96. The molecule has 0 amide bonds. The molecule has 4 aromatic carbocycles. The van der Waals surface area contributed by atoms with Crippen LogP contribution in [0.25, 0.3) is 60.9 Å². The van der Waals surface area contributed by atoms with Gasteiger partial charge in [-0.05, 0) is 29.8 Å². The number of hydrogen-bond acceptors (Lipinski definition) is 3. The van der Waals surface area contributed by atoms with Gasteiger partial charge in [0, 0.05) is 30.9 Å². The van der Waals surface area contributed by atoms with E-state index in [0.29, 0.717) is 0 Å². The van der Waals surface area contributed by atoms with Gasteiger partial charge in [-0.25, -0.2) is 0 Å². The molecule has 31 heavy (non-hydrogen) atoms. The molecule has 0 spiro atoms. The minimum absolute atomic E-state index is 0. The van der Waals surface area contributed by atoms with E-state index in [2.05, 4.69) is 40.8 Å². The summed E-state index contributed by atoms with van der Waals surface area (Å²) < 4.78 is 8.43. The molecule has 1 radical (unpaired) electrons. The second kappa shape index (κ2) is 6.74. The molecule has 0 fully saturated rings. The van der Waals surface area contributed by atoms with Crippen molar-refractivity contribution in [2.45, 2.75) is 0 Å². The fourth-order valence-electron chi connectivity index (χ4n) is 4.38. The summed E-state index contributed by atoms with van der Waals surface area (Å²) in [6.45, 7) is 0. The molecule has 0 aliphatic rings. The minimum atomic E-state index is 0. The van der Waals surface area contributed by atoms with Crippen LogP contribution in [0.2, 0.25) is 0 Å². The first-order valence-corrected chi connectivity index (χ1v) is 9.87. The molecule has 0 saturated carbocycles. The van der Waals surface area contributed by atoms with E-state index >= 15 is 0 Å². The van der Waals surface area contributed by atoms with Gasteiger partial charge in [0.05, 0.1) is 22.2 Å². The Hall–Kier alpha value is -3.53. The van der Waals surface area contributed by atoms with Crippen LogP contribution in [-0.4, -0.2) is 14.4 Å². The Morgan fingerprint density at radius 3 is 2.52 bits per heavy atom.